The average molecular weight is 428 g/mol. The summed E-state index contributed by atoms with van der Waals surface area (Å²) >= 11 is 0. The fourth-order valence-corrected chi connectivity index (χ4v) is 2.92. The molecule has 0 radical (unpaired) electrons. The minimum atomic E-state index is -0.745. The Morgan fingerprint density at radius 2 is 1.55 bits per heavy atom. The highest BCUT2D eigenvalue weighted by Gasteiger charge is 2.28. The molecule has 1 unspecified atom stereocenters. The maximum Gasteiger partial charge on any atom is 0.429 e. The van der Waals surface area contributed by atoms with Crippen molar-refractivity contribution in [1.82, 2.24) is 10.4 Å². The molecule has 31 heavy (non-hydrogen) atoms. The molecule has 0 bridgehead atoms. The molecule has 8 nitrogen and oxygen atoms in total. The van der Waals surface area contributed by atoms with Gasteiger partial charge in [-0.25, -0.2) is 24.8 Å². The maximum absolute atomic E-state index is 12.5. The van der Waals surface area contributed by atoms with E-state index in [9.17, 15) is 14.4 Å². The average Bonchev–Trinajstić information content (AvgIpc) is 2.77. The summed E-state index contributed by atoms with van der Waals surface area (Å²) in [6.07, 6.45) is -0.122. The van der Waals surface area contributed by atoms with E-state index in [1.54, 1.807) is 62.4 Å². The lowest BCUT2D eigenvalue weighted by Crippen LogP contribution is -2.48. The van der Waals surface area contributed by atoms with Crippen LogP contribution in [0.2, 0.25) is 0 Å². The molecular formula is C23H28N2O6. The number of carbonyl (C=O) groups is 3. The Bertz CT molecular complexity index is 854. The van der Waals surface area contributed by atoms with Crippen molar-refractivity contribution in [3.63, 3.8) is 0 Å². The molecule has 8 heteroatoms. The van der Waals surface area contributed by atoms with Crippen molar-refractivity contribution in [2.75, 3.05) is 13.2 Å². The molecule has 0 aliphatic carbocycles. The van der Waals surface area contributed by atoms with E-state index in [-0.39, 0.29) is 13.2 Å². The van der Waals surface area contributed by atoms with E-state index >= 15 is 0 Å². The van der Waals surface area contributed by atoms with Crippen LogP contribution in [0.25, 0.3) is 0 Å². The van der Waals surface area contributed by atoms with Gasteiger partial charge in [0.25, 0.3) is 0 Å². The quantitative estimate of drug-likeness (QED) is 0.366. The van der Waals surface area contributed by atoms with E-state index in [1.807, 2.05) is 13.0 Å². The normalized spacial score (nSPS) is 11.2. The van der Waals surface area contributed by atoms with Crippen LogP contribution in [0.5, 0.6) is 5.75 Å². The second kappa shape index (κ2) is 12.2. The molecule has 1 atom stereocenters. The van der Waals surface area contributed by atoms with Crippen LogP contribution in [0.1, 0.15) is 55.6 Å². The number of benzene rings is 2. The second-order valence-corrected chi connectivity index (χ2v) is 6.53. The van der Waals surface area contributed by atoms with Gasteiger partial charge in [0, 0.05) is 0 Å². The Kier molecular flexibility index (Phi) is 9.35. The van der Waals surface area contributed by atoms with E-state index in [2.05, 4.69) is 5.43 Å². The van der Waals surface area contributed by atoms with Gasteiger partial charge in [-0.15, -0.1) is 0 Å². The van der Waals surface area contributed by atoms with Crippen LogP contribution in [-0.2, 0) is 9.47 Å². The van der Waals surface area contributed by atoms with Crippen LogP contribution in [0.15, 0.2) is 54.6 Å². The number of carbonyl (C=O) groups excluding carboxylic acids is 3. The first-order valence-electron chi connectivity index (χ1n) is 10.3. The zero-order valence-corrected chi connectivity index (χ0v) is 18.0. The Labute approximate surface area is 182 Å². The van der Waals surface area contributed by atoms with E-state index in [4.69, 9.17) is 14.2 Å². The van der Waals surface area contributed by atoms with Gasteiger partial charge in [0.05, 0.1) is 24.8 Å². The summed E-state index contributed by atoms with van der Waals surface area (Å²) in [6.45, 7) is 5.66. The Morgan fingerprint density at radius 1 is 0.903 bits per heavy atom. The number of nitrogens with one attached hydrogen (secondary N) is 1. The highest BCUT2D eigenvalue weighted by Crippen LogP contribution is 2.27. The van der Waals surface area contributed by atoms with Crippen LogP contribution >= 0.6 is 0 Å². The fraction of sp³-hybridized carbons (Fsp3) is 0.348. The van der Waals surface area contributed by atoms with E-state index < -0.39 is 24.2 Å². The van der Waals surface area contributed by atoms with Crippen molar-refractivity contribution in [2.24, 2.45) is 0 Å². The Morgan fingerprint density at radius 3 is 2.13 bits per heavy atom. The largest absolute Gasteiger partial charge is 0.449 e. The highest BCUT2D eigenvalue weighted by molar-refractivity contribution is 5.90. The maximum atomic E-state index is 12.5. The zero-order chi connectivity index (χ0) is 22.6. The number of nitrogens with zero attached hydrogens (tertiary/aromatic N) is 1. The topological polar surface area (TPSA) is 94.2 Å². The monoisotopic (exact) mass is 428 g/mol. The number of ether oxygens (including phenoxy) is 3. The summed E-state index contributed by atoms with van der Waals surface area (Å²) in [7, 11) is 0. The lowest BCUT2D eigenvalue weighted by Gasteiger charge is -2.30. The van der Waals surface area contributed by atoms with Crippen molar-refractivity contribution in [2.45, 2.75) is 39.7 Å². The molecule has 0 heterocycles. The van der Waals surface area contributed by atoms with Crippen LogP contribution in [-0.4, -0.2) is 36.4 Å². The molecule has 166 valence electrons. The van der Waals surface area contributed by atoms with Gasteiger partial charge < -0.3 is 14.2 Å². The predicted octanol–water partition coefficient (Wildman–Crippen LogP) is 4.87. The zero-order valence-electron chi connectivity index (χ0n) is 18.0. The molecule has 0 aromatic heterocycles. The fourth-order valence-electron chi connectivity index (χ4n) is 2.92. The van der Waals surface area contributed by atoms with Gasteiger partial charge in [-0.2, -0.15) is 0 Å². The molecule has 0 aliphatic heterocycles. The number of esters is 1. The van der Waals surface area contributed by atoms with Gasteiger partial charge in [-0.1, -0.05) is 43.7 Å². The van der Waals surface area contributed by atoms with Gasteiger partial charge in [0.2, 0.25) is 0 Å². The molecule has 0 aliphatic rings. The van der Waals surface area contributed by atoms with Gasteiger partial charge in [-0.05, 0) is 50.1 Å². The second-order valence-electron chi connectivity index (χ2n) is 6.53. The first-order valence-corrected chi connectivity index (χ1v) is 10.3. The molecule has 0 spiro atoms. The minimum Gasteiger partial charge on any atom is -0.449 e. The smallest absolute Gasteiger partial charge is 0.429 e. The molecule has 2 aromatic rings. The lowest BCUT2D eigenvalue weighted by atomic mass is 10.0. The third kappa shape index (κ3) is 7.02. The Hall–Kier alpha value is -3.55. The van der Waals surface area contributed by atoms with Gasteiger partial charge in [0.1, 0.15) is 5.75 Å². The number of hydrogen-bond donors (Lipinski definition) is 1. The summed E-state index contributed by atoms with van der Waals surface area (Å²) in [5.41, 5.74) is 3.66. The van der Waals surface area contributed by atoms with Crippen LogP contribution in [0, 0.1) is 0 Å². The van der Waals surface area contributed by atoms with Crippen molar-refractivity contribution in [3.8, 4) is 5.75 Å². The lowest BCUT2D eigenvalue weighted by molar-refractivity contribution is 0.0525. The number of hydrogen-bond acceptors (Lipinski definition) is 6. The third-order valence-electron chi connectivity index (χ3n) is 4.31. The molecule has 0 saturated heterocycles. The molecule has 0 saturated carbocycles. The van der Waals surface area contributed by atoms with E-state index in [0.717, 1.165) is 17.0 Å². The Balaban J connectivity index is 2.21. The van der Waals surface area contributed by atoms with E-state index in [0.29, 0.717) is 17.7 Å². The summed E-state index contributed by atoms with van der Waals surface area (Å²) in [5, 5.41) is 1.13. The van der Waals surface area contributed by atoms with Crippen LogP contribution in [0.3, 0.4) is 0 Å². The van der Waals surface area contributed by atoms with Crippen molar-refractivity contribution >= 4 is 18.2 Å². The summed E-state index contributed by atoms with van der Waals surface area (Å²) < 4.78 is 15.4. The van der Waals surface area contributed by atoms with Crippen molar-refractivity contribution < 1.29 is 28.6 Å². The van der Waals surface area contributed by atoms with Crippen molar-refractivity contribution in [3.05, 3.63) is 65.7 Å². The van der Waals surface area contributed by atoms with E-state index in [1.165, 1.54) is 0 Å². The number of amides is 2. The molecule has 0 fully saturated rings. The molecule has 2 rings (SSSR count). The molecule has 1 N–H and O–H groups in total. The SMILES string of the molecule is CCCC(c1ccc(OC(=O)c2ccccc2)cc1)N(NC(=O)OCC)C(=O)OCC. The summed E-state index contributed by atoms with van der Waals surface area (Å²) in [6, 6.07) is 15.0. The van der Waals surface area contributed by atoms with Crippen LogP contribution < -0.4 is 10.2 Å². The van der Waals surface area contributed by atoms with Gasteiger partial charge in [-0.3, -0.25) is 0 Å². The van der Waals surface area contributed by atoms with Crippen LogP contribution in [0.4, 0.5) is 9.59 Å². The predicted molar refractivity (Wildman–Crippen MR) is 115 cm³/mol. The van der Waals surface area contributed by atoms with Gasteiger partial charge in [0.15, 0.2) is 0 Å². The summed E-state index contributed by atoms with van der Waals surface area (Å²) in [5.74, 6) is -0.0931. The first-order chi connectivity index (χ1) is 15.0. The highest BCUT2D eigenvalue weighted by atomic mass is 16.6. The van der Waals surface area contributed by atoms with Crippen molar-refractivity contribution in [1.29, 1.82) is 0 Å². The standard InChI is InChI=1S/C23H28N2O6/c1-4-10-20(25(23(28)30-6-3)24-22(27)29-5-2)17-13-15-19(16-14-17)31-21(26)18-11-8-7-9-12-18/h7-9,11-16,20H,4-6,10H2,1-3H3,(H,24,27). The van der Waals surface area contributed by atoms with Gasteiger partial charge >= 0.3 is 18.2 Å². The molecule has 2 aromatic carbocycles. The molecule has 2 amide bonds. The summed E-state index contributed by atoms with van der Waals surface area (Å²) in [4.78, 5) is 36.7. The molecular weight excluding hydrogens is 400 g/mol. The number of hydrazine groups is 1. The minimum absolute atomic E-state index is 0.160. The first kappa shape index (κ1) is 23.7. The third-order valence-corrected chi connectivity index (χ3v) is 4.31. The number of rotatable bonds is 8.